The summed E-state index contributed by atoms with van der Waals surface area (Å²) in [7, 11) is 0. The van der Waals surface area contributed by atoms with Gasteiger partial charge in [-0.1, -0.05) is 36.8 Å². The first kappa shape index (κ1) is 12.0. The first-order chi connectivity index (χ1) is 7.79. The second-order valence-electron chi connectivity index (χ2n) is 4.65. The molecule has 2 unspecified atom stereocenters. The van der Waals surface area contributed by atoms with Gasteiger partial charge in [-0.15, -0.1) is 0 Å². The van der Waals surface area contributed by atoms with Gasteiger partial charge in [0.25, 0.3) is 0 Å². The molecule has 2 rings (SSSR count). The highest BCUT2D eigenvalue weighted by atomic mass is 32.2. The number of nitrogens with one attached hydrogen (secondary N) is 1. The van der Waals surface area contributed by atoms with Crippen LogP contribution in [0.3, 0.4) is 0 Å². The molecule has 1 aliphatic heterocycles. The van der Waals surface area contributed by atoms with Gasteiger partial charge in [-0.2, -0.15) is 11.8 Å². The molecular weight excluding hydrogens is 214 g/mol. The summed E-state index contributed by atoms with van der Waals surface area (Å²) >= 11 is 2.09. The fourth-order valence-corrected chi connectivity index (χ4v) is 3.75. The Hall–Kier alpha value is -0.470. The number of hydrogen-bond acceptors (Lipinski definition) is 2. The average molecular weight is 235 g/mol. The highest BCUT2D eigenvalue weighted by Gasteiger charge is 2.26. The van der Waals surface area contributed by atoms with Crippen molar-refractivity contribution in [1.82, 2.24) is 5.32 Å². The van der Waals surface area contributed by atoms with E-state index in [0.29, 0.717) is 0 Å². The quantitative estimate of drug-likeness (QED) is 0.861. The van der Waals surface area contributed by atoms with Crippen molar-refractivity contribution in [3.05, 3.63) is 35.4 Å². The van der Waals surface area contributed by atoms with Crippen LogP contribution in [-0.4, -0.2) is 24.1 Å². The number of thioether (sulfide) groups is 1. The predicted molar refractivity (Wildman–Crippen MR) is 73.2 cm³/mol. The number of benzene rings is 1. The highest BCUT2D eigenvalue weighted by molar-refractivity contribution is 7.99. The molecule has 1 aromatic rings. The topological polar surface area (TPSA) is 12.0 Å². The third-order valence-corrected chi connectivity index (χ3v) is 4.54. The molecule has 0 aliphatic carbocycles. The van der Waals surface area contributed by atoms with Crippen LogP contribution >= 0.6 is 11.8 Å². The minimum Gasteiger partial charge on any atom is -0.313 e. The Labute approximate surface area is 103 Å². The molecular formula is C14H21NS. The second-order valence-corrected chi connectivity index (χ2v) is 5.73. The van der Waals surface area contributed by atoms with E-state index in [1.807, 2.05) is 0 Å². The van der Waals surface area contributed by atoms with Crippen molar-refractivity contribution in [3.63, 3.8) is 0 Å². The van der Waals surface area contributed by atoms with Gasteiger partial charge in [0.1, 0.15) is 0 Å². The zero-order chi connectivity index (χ0) is 11.4. The van der Waals surface area contributed by atoms with E-state index in [4.69, 9.17) is 0 Å². The van der Waals surface area contributed by atoms with Gasteiger partial charge >= 0.3 is 0 Å². The molecule has 0 amide bonds. The summed E-state index contributed by atoms with van der Waals surface area (Å²) in [5.74, 6) is 3.41. The fraction of sp³-hybridized carbons (Fsp3) is 0.571. The highest BCUT2D eigenvalue weighted by Crippen LogP contribution is 2.27. The lowest BCUT2D eigenvalue weighted by Gasteiger charge is -2.19. The summed E-state index contributed by atoms with van der Waals surface area (Å²) in [6.45, 7) is 5.44. The van der Waals surface area contributed by atoms with E-state index in [1.54, 1.807) is 0 Å². The Bertz CT molecular complexity index is 320. The van der Waals surface area contributed by atoms with Crippen LogP contribution in [0.1, 0.15) is 18.1 Å². The zero-order valence-electron chi connectivity index (χ0n) is 10.2. The maximum absolute atomic E-state index is 3.61. The molecule has 0 bridgehead atoms. The van der Waals surface area contributed by atoms with E-state index in [0.717, 1.165) is 18.5 Å². The maximum atomic E-state index is 3.61. The minimum absolute atomic E-state index is 0.719. The molecule has 2 atom stereocenters. The van der Waals surface area contributed by atoms with E-state index in [2.05, 4.69) is 55.2 Å². The predicted octanol–water partition coefficient (Wildman–Crippen LogP) is 2.88. The molecule has 88 valence electrons. The van der Waals surface area contributed by atoms with Crippen LogP contribution in [0.15, 0.2) is 24.3 Å². The van der Waals surface area contributed by atoms with Crippen molar-refractivity contribution >= 4 is 11.8 Å². The molecule has 0 aromatic heterocycles. The van der Waals surface area contributed by atoms with Crippen molar-refractivity contribution in [3.8, 4) is 0 Å². The third kappa shape index (κ3) is 3.02. The lowest BCUT2D eigenvalue weighted by atomic mass is 9.94. The molecule has 2 heteroatoms. The van der Waals surface area contributed by atoms with Crippen LogP contribution in [0.5, 0.6) is 0 Å². The lowest BCUT2D eigenvalue weighted by molar-refractivity contribution is 0.434. The van der Waals surface area contributed by atoms with Crippen molar-refractivity contribution in [2.24, 2.45) is 5.92 Å². The van der Waals surface area contributed by atoms with Crippen LogP contribution in [0.4, 0.5) is 0 Å². The minimum atomic E-state index is 0.719. The molecule has 16 heavy (non-hydrogen) atoms. The molecule has 1 saturated heterocycles. The Morgan fingerprint density at radius 2 is 2.00 bits per heavy atom. The molecule has 1 N–H and O–H groups in total. The SMILES string of the molecule is CCNC1CSCC1Cc1ccc(C)cc1. The average Bonchev–Trinajstić information content (AvgIpc) is 2.70. The van der Waals surface area contributed by atoms with Crippen LogP contribution in [-0.2, 0) is 6.42 Å². The summed E-state index contributed by atoms with van der Waals surface area (Å²) in [4.78, 5) is 0. The normalized spacial score (nSPS) is 24.9. The summed E-state index contributed by atoms with van der Waals surface area (Å²) in [5.41, 5.74) is 2.84. The van der Waals surface area contributed by atoms with E-state index < -0.39 is 0 Å². The molecule has 0 spiro atoms. The zero-order valence-corrected chi connectivity index (χ0v) is 11.0. The van der Waals surface area contributed by atoms with Crippen molar-refractivity contribution in [2.75, 3.05) is 18.1 Å². The van der Waals surface area contributed by atoms with Crippen LogP contribution in [0.2, 0.25) is 0 Å². The summed E-state index contributed by atoms with van der Waals surface area (Å²) in [6.07, 6.45) is 1.23. The van der Waals surface area contributed by atoms with Crippen LogP contribution in [0, 0.1) is 12.8 Å². The van der Waals surface area contributed by atoms with Gasteiger partial charge in [0.2, 0.25) is 0 Å². The fourth-order valence-electron chi connectivity index (χ4n) is 2.31. The summed E-state index contributed by atoms with van der Waals surface area (Å²) < 4.78 is 0. The van der Waals surface area contributed by atoms with Gasteiger partial charge in [0, 0.05) is 11.8 Å². The van der Waals surface area contributed by atoms with Crippen molar-refractivity contribution in [1.29, 1.82) is 0 Å². The standard InChI is InChI=1S/C14H21NS/c1-3-15-14-10-16-9-13(14)8-12-6-4-11(2)5-7-12/h4-7,13-15H,3,8-10H2,1-2H3. The lowest BCUT2D eigenvalue weighted by Crippen LogP contribution is -2.36. The van der Waals surface area contributed by atoms with E-state index in [1.165, 1.54) is 29.1 Å². The summed E-state index contributed by atoms with van der Waals surface area (Å²) in [5, 5.41) is 3.61. The third-order valence-electron chi connectivity index (χ3n) is 3.28. The maximum Gasteiger partial charge on any atom is 0.0197 e. The Morgan fingerprint density at radius 3 is 2.69 bits per heavy atom. The van der Waals surface area contributed by atoms with Crippen molar-refractivity contribution < 1.29 is 0 Å². The number of aryl methyl sites for hydroxylation is 1. The van der Waals surface area contributed by atoms with E-state index in [-0.39, 0.29) is 0 Å². The van der Waals surface area contributed by atoms with Gasteiger partial charge in [0.05, 0.1) is 0 Å². The number of hydrogen-bond donors (Lipinski definition) is 1. The van der Waals surface area contributed by atoms with Crippen molar-refractivity contribution in [2.45, 2.75) is 26.3 Å². The largest absolute Gasteiger partial charge is 0.313 e. The molecule has 0 saturated carbocycles. The molecule has 1 heterocycles. The Morgan fingerprint density at radius 1 is 1.25 bits per heavy atom. The van der Waals surface area contributed by atoms with Crippen LogP contribution < -0.4 is 5.32 Å². The van der Waals surface area contributed by atoms with Gasteiger partial charge in [0.15, 0.2) is 0 Å². The summed E-state index contributed by atoms with van der Waals surface area (Å²) in [6, 6.07) is 9.72. The van der Waals surface area contributed by atoms with Crippen LogP contribution in [0.25, 0.3) is 0 Å². The first-order valence-electron chi connectivity index (χ1n) is 6.16. The molecule has 0 radical (unpaired) electrons. The van der Waals surface area contributed by atoms with Gasteiger partial charge < -0.3 is 5.32 Å². The smallest absolute Gasteiger partial charge is 0.0197 e. The Kier molecular flexibility index (Phi) is 4.30. The molecule has 1 fully saturated rings. The Balaban J connectivity index is 1.95. The molecule has 1 aromatic carbocycles. The number of rotatable bonds is 4. The van der Waals surface area contributed by atoms with Gasteiger partial charge in [-0.25, -0.2) is 0 Å². The van der Waals surface area contributed by atoms with E-state index in [9.17, 15) is 0 Å². The molecule has 1 aliphatic rings. The van der Waals surface area contributed by atoms with E-state index >= 15 is 0 Å². The second kappa shape index (κ2) is 5.74. The monoisotopic (exact) mass is 235 g/mol. The first-order valence-corrected chi connectivity index (χ1v) is 7.31. The molecule has 1 nitrogen and oxygen atoms in total. The van der Waals surface area contributed by atoms with Gasteiger partial charge in [-0.05, 0) is 37.1 Å². The van der Waals surface area contributed by atoms with Gasteiger partial charge in [-0.3, -0.25) is 0 Å².